The first-order valence-corrected chi connectivity index (χ1v) is 9.44. The van der Waals surface area contributed by atoms with Crippen molar-refractivity contribution in [1.29, 1.82) is 0 Å². The SMILES string of the molecule is CCOc1ccccc1NC(=O)C(C)Oc1cccc(-n2c(C)ccc2C)c1. The Morgan fingerprint density at radius 2 is 1.75 bits per heavy atom. The van der Waals surface area contributed by atoms with Crippen LogP contribution in [0.25, 0.3) is 5.69 Å². The highest BCUT2D eigenvalue weighted by Crippen LogP contribution is 2.25. The number of hydrogen-bond donors (Lipinski definition) is 1. The lowest BCUT2D eigenvalue weighted by Gasteiger charge is -2.17. The number of benzene rings is 2. The zero-order valence-corrected chi connectivity index (χ0v) is 16.7. The smallest absolute Gasteiger partial charge is 0.265 e. The van der Waals surface area contributed by atoms with E-state index in [2.05, 4.69) is 35.9 Å². The zero-order valence-electron chi connectivity index (χ0n) is 16.7. The third kappa shape index (κ3) is 4.36. The van der Waals surface area contributed by atoms with E-state index < -0.39 is 6.10 Å². The molecule has 2 aromatic carbocycles. The molecule has 0 aliphatic rings. The molecule has 0 bridgehead atoms. The molecule has 1 unspecified atom stereocenters. The number of para-hydroxylation sites is 2. The number of amides is 1. The first-order valence-electron chi connectivity index (χ1n) is 9.44. The van der Waals surface area contributed by atoms with Crippen LogP contribution in [0.2, 0.25) is 0 Å². The predicted molar refractivity (Wildman–Crippen MR) is 112 cm³/mol. The molecule has 1 atom stereocenters. The summed E-state index contributed by atoms with van der Waals surface area (Å²) < 4.78 is 13.6. The lowest BCUT2D eigenvalue weighted by molar-refractivity contribution is -0.122. The Balaban J connectivity index is 1.72. The maximum Gasteiger partial charge on any atom is 0.265 e. The lowest BCUT2D eigenvalue weighted by Crippen LogP contribution is -2.30. The minimum absolute atomic E-state index is 0.231. The number of hydrogen-bond acceptors (Lipinski definition) is 3. The number of aromatic nitrogens is 1. The maximum absolute atomic E-state index is 12.6. The van der Waals surface area contributed by atoms with Gasteiger partial charge in [0, 0.05) is 23.1 Å². The quantitative estimate of drug-likeness (QED) is 0.636. The van der Waals surface area contributed by atoms with E-state index in [-0.39, 0.29) is 5.91 Å². The second-order valence-electron chi connectivity index (χ2n) is 6.63. The van der Waals surface area contributed by atoms with Crippen molar-refractivity contribution in [1.82, 2.24) is 4.57 Å². The number of anilines is 1. The van der Waals surface area contributed by atoms with Crippen LogP contribution in [-0.4, -0.2) is 23.2 Å². The fourth-order valence-corrected chi connectivity index (χ4v) is 3.11. The van der Waals surface area contributed by atoms with Gasteiger partial charge in [0.25, 0.3) is 5.91 Å². The van der Waals surface area contributed by atoms with Crippen LogP contribution < -0.4 is 14.8 Å². The molecule has 5 nitrogen and oxygen atoms in total. The third-order valence-electron chi connectivity index (χ3n) is 4.47. The highest BCUT2D eigenvalue weighted by atomic mass is 16.5. The average Bonchev–Trinajstić information content (AvgIpc) is 3.02. The van der Waals surface area contributed by atoms with Crippen molar-refractivity contribution < 1.29 is 14.3 Å². The molecule has 0 radical (unpaired) electrons. The highest BCUT2D eigenvalue weighted by Gasteiger charge is 2.17. The van der Waals surface area contributed by atoms with E-state index in [0.29, 0.717) is 23.8 Å². The molecule has 0 saturated carbocycles. The van der Waals surface area contributed by atoms with Crippen LogP contribution in [0.1, 0.15) is 25.2 Å². The summed E-state index contributed by atoms with van der Waals surface area (Å²) in [5, 5.41) is 2.88. The molecular weight excluding hydrogens is 352 g/mol. The summed E-state index contributed by atoms with van der Waals surface area (Å²) >= 11 is 0. The van der Waals surface area contributed by atoms with Gasteiger partial charge in [0.05, 0.1) is 12.3 Å². The van der Waals surface area contributed by atoms with E-state index in [1.165, 1.54) is 0 Å². The molecule has 146 valence electrons. The summed E-state index contributed by atoms with van der Waals surface area (Å²) in [7, 11) is 0. The van der Waals surface area contributed by atoms with Gasteiger partial charge in [-0.3, -0.25) is 4.79 Å². The molecule has 1 N–H and O–H groups in total. The first-order chi connectivity index (χ1) is 13.5. The van der Waals surface area contributed by atoms with Crippen LogP contribution in [0.4, 0.5) is 5.69 Å². The second kappa shape index (κ2) is 8.65. The van der Waals surface area contributed by atoms with Crippen LogP contribution in [0.3, 0.4) is 0 Å². The van der Waals surface area contributed by atoms with Crippen molar-refractivity contribution in [2.45, 2.75) is 33.8 Å². The van der Waals surface area contributed by atoms with Gasteiger partial charge < -0.3 is 19.4 Å². The van der Waals surface area contributed by atoms with Crippen LogP contribution in [-0.2, 0) is 4.79 Å². The third-order valence-corrected chi connectivity index (χ3v) is 4.47. The van der Waals surface area contributed by atoms with Gasteiger partial charge in [0.2, 0.25) is 0 Å². The number of nitrogens with one attached hydrogen (secondary N) is 1. The van der Waals surface area contributed by atoms with Gasteiger partial charge in [-0.15, -0.1) is 0 Å². The number of aryl methyl sites for hydroxylation is 2. The van der Waals surface area contributed by atoms with Crippen molar-refractivity contribution in [2.75, 3.05) is 11.9 Å². The van der Waals surface area contributed by atoms with Gasteiger partial charge in [-0.1, -0.05) is 18.2 Å². The van der Waals surface area contributed by atoms with E-state index in [0.717, 1.165) is 17.1 Å². The minimum atomic E-state index is -0.656. The zero-order chi connectivity index (χ0) is 20.1. The van der Waals surface area contributed by atoms with Gasteiger partial charge in [-0.05, 0) is 64.1 Å². The number of nitrogens with zero attached hydrogens (tertiary/aromatic N) is 1. The van der Waals surface area contributed by atoms with Crippen molar-refractivity contribution in [3.63, 3.8) is 0 Å². The van der Waals surface area contributed by atoms with Crippen LogP contribution in [0.5, 0.6) is 11.5 Å². The Hall–Kier alpha value is -3.21. The van der Waals surface area contributed by atoms with Gasteiger partial charge in [-0.25, -0.2) is 0 Å². The molecule has 0 saturated heterocycles. The monoisotopic (exact) mass is 378 g/mol. The Morgan fingerprint density at radius 3 is 2.46 bits per heavy atom. The summed E-state index contributed by atoms with van der Waals surface area (Å²) in [6.45, 7) is 8.30. The minimum Gasteiger partial charge on any atom is -0.492 e. The molecule has 0 aliphatic carbocycles. The second-order valence-corrected chi connectivity index (χ2v) is 6.63. The molecule has 3 aromatic rings. The largest absolute Gasteiger partial charge is 0.492 e. The van der Waals surface area contributed by atoms with E-state index in [1.54, 1.807) is 6.92 Å². The molecule has 0 fully saturated rings. The van der Waals surface area contributed by atoms with Gasteiger partial charge >= 0.3 is 0 Å². The van der Waals surface area contributed by atoms with E-state index >= 15 is 0 Å². The van der Waals surface area contributed by atoms with Gasteiger partial charge in [0.1, 0.15) is 11.5 Å². The number of carbonyl (C=O) groups is 1. The summed E-state index contributed by atoms with van der Waals surface area (Å²) in [4.78, 5) is 12.6. The van der Waals surface area contributed by atoms with E-state index in [1.807, 2.05) is 55.5 Å². The Bertz CT molecular complexity index is 942. The van der Waals surface area contributed by atoms with Crippen LogP contribution in [0, 0.1) is 13.8 Å². The Kier molecular flexibility index (Phi) is 6.04. The number of rotatable bonds is 7. The van der Waals surface area contributed by atoms with Crippen molar-refractivity contribution in [3.8, 4) is 17.2 Å². The molecule has 0 spiro atoms. The fourth-order valence-electron chi connectivity index (χ4n) is 3.11. The fraction of sp³-hybridized carbons (Fsp3) is 0.261. The number of ether oxygens (including phenoxy) is 2. The Morgan fingerprint density at radius 1 is 1.04 bits per heavy atom. The van der Waals surface area contributed by atoms with Crippen molar-refractivity contribution in [2.24, 2.45) is 0 Å². The molecule has 3 rings (SSSR count). The normalized spacial score (nSPS) is 11.7. The molecule has 0 aliphatic heterocycles. The molecule has 1 amide bonds. The maximum atomic E-state index is 12.6. The first kappa shape index (κ1) is 19.5. The summed E-state index contributed by atoms with van der Waals surface area (Å²) in [5.74, 6) is 1.06. The van der Waals surface area contributed by atoms with Gasteiger partial charge in [-0.2, -0.15) is 0 Å². The Labute approximate surface area is 165 Å². The van der Waals surface area contributed by atoms with Crippen molar-refractivity contribution >= 4 is 11.6 Å². The summed E-state index contributed by atoms with van der Waals surface area (Å²) in [5.41, 5.74) is 3.94. The van der Waals surface area contributed by atoms with E-state index in [4.69, 9.17) is 9.47 Å². The predicted octanol–water partition coefficient (Wildman–Crippen LogP) is 4.90. The lowest BCUT2D eigenvalue weighted by atomic mass is 10.2. The molecular formula is C23H26N2O3. The molecule has 5 heteroatoms. The van der Waals surface area contributed by atoms with Crippen molar-refractivity contribution in [3.05, 3.63) is 72.1 Å². The molecule has 1 heterocycles. The number of carbonyl (C=O) groups excluding carboxylic acids is 1. The van der Waals surface area contributed by atoms with Crippen LogP contribution >= 0.6 is 0 Å². The van der Waals surface area contributed by atoms with Gasteiger partial charge in [0.15, 0.2) is 6.10 Å². The summed E-state index contributed by atoms with van der Waals surface area (Å²) in [6.07, 6.45) is -0.656. The van der Waals surface area contributed by atoms with E-state index in [9.17, 15) is 4.79 Å². The molecule has 28 heavy (non-hydrogen) atoms. The van der Waals surface area contributed by atoms with Crippen LogP contribution in [0.15, 0.2) is 60.7 Å². The highest BCUT2D eigenvalue weighted by molar-refractivity contribution is 5.95. The topological polar surface area (TPSA) is 52.5 Å². The molecule has 1 aromatic heterocycles. The average molecular weight is 378 g/mol. The standard InChI is InChI=1S/C23H26N2O3/c1-5-27-22-12-7-6-11-21(22)24-23(26)18(4)28-20-10-8-9-19(15-20)25-16(2)13-14-17(25)3/h6-15,18H,5H2,1-4H3,(H,24,26). The summed E-state index contributed by atoms with van der Waals surface area (Å²) in [6, 6.07) is 19.3.